The van der Waals surface area contributed by atoms with E-state index in [1.165, 1.54) is 0 Å². The van der Waals surface area contributed by atoms with Crippen LogP contribution in [0.4, 0.5) is 11.5 Å². The number of amides is 1. The van der Waals surface area contributed by atoms with Crippen molar-refractivity contribution < 1.29 is 4.79 Å². The van der Waals surface area contributed by atoms with Gasteiger partial charge < -0.3 is 16.8 Å². The number of nitrogens with zero attached hydrogens (tertiary/aromatic N) is 2. The summed E-state index contributed by atoms with van der Waals surface area (Å²) in [5.74, 6) is -0.0572. The molecular formula is C23H27ClN6OS. The third-order valence-electron chi connectivity index (χ3n) is 5.62. The molecule has 7 nitrogen and oxygen atoms in total. The topological polar surface area (TPSA) is 111 Å². The predicted molar refractivity (Wildman–Crippen MR) is 130 cm³/mol. The predicted octanol–water partition coefficient (Wildman–Crippen LogP) is 4.62. The third-order valence-corrected chi connectivity index (χ3v) is 6.66. The summed E-state index contributed by atoms with van der Waals surface area (Å²) in [4.78, 5) is 13.0. The number of hydrogen-bond donors (Lipinski definition) is 4. The van der Waals surface area contributed by atoms with Crippen LogP contribution in [0, 0.1) is 0 Å². The number of anilines is 2. The molecule has 2 unspecified atom stereocenters. The van der Waals surface area contributed by atoms with E-state index in [0.29, 0.717) is 11.4 Å². The molecule has 168 valence electrons. The zero-order chi connectivity index (χ0) is 22.5. The molecule has 0 saturated heterocycles. The minimum atomic E-state index is -0.512. The fourth-order valence-corrected chi connectivity index (χ4v) is 4.65. The Morgan fingerprint density at radius 1 is 1.12 bits per heavy atom. The molecule has 2 atom stereocenters. The number of aromatic nitrogens is 2. The van der Waals surface area contributed by atoms with Crippen molar-refractivity contribution in [2.24, 2.45) is 11.5 Å². The first-order valence-corrected chi connectivity index (χ1v) is 11.8. The molecule has 0 radical (unpaired) electrons. The van der Waals surface area contributed by atoms with Gasteiger partial charge in [-0.05, 0) is 66.8 Å². The molecule has 1 aliphatic rings. The van der Waals surface area contributed by atoms with E-state index in [1.807, 2.05) is 48.5 Å². The Bertz CT molecular complexity index is 1050. The van der Waals surface area contributed by atoms with Gasteiger partial charge in [-0.15, -0.1) is 0 Å². The van der Waals surface area contributed by atoms with Gasteiger partial charge in [-0.3, -0.25) is 14.2 Å². The number of primary amides is 1. The largest absolute Gasteiger partial charge is 0.365 e. The molecule has 1 heterocycles. The van der Waals surface area contributed by atoms with Gasteiger partial charge in [0.15, 0.2) is 5.82 Å². The number of benzene rings is 2. The molecule has 1 fully saturated rings. The van der Waals surface area contributed by atoms with E-state index >= 15 is 0 Å². The Morgan fingerprint density at radius 2 is 1.84 bits per heavy atom. The Balaban J connectivity index is 1.39. The molecule has 1 amide bonds. The van der Waals surface area contributed by atoms with Gasteiger partial charge in [0.2, 0.25) is 0 Å². The fourth-order valence-electron chi connectivity index (χ4n) is 3.85. The summed E-state index contributed by atoms with van der Waals surface area (Å²) in [5.41, 5.74) is 14.2. The summed E-state index contributed by atoms with van der Waals surface area (Å²) in [6, 6.07) is 15.8. The minimum Gasteiger partial charge on any atom is -0.365 e. The van der Waals surface area contributed by atoms with Crippen molar-refractivity contribution in [2.75, 3.05) is 5.32 Å². The van der Waals surface area contributed by atoms with E-state index in [4.69, 9.17) is 23.1 Å². The standard InChI is InChI=1S/C23H27ClN6OS/c24-16-7-5-15(6-8-16)13-27-32-18-11-9-17(10-12-18)28-23-19(22(26)31)14-30(29-23)21-4-2-1-3-20(21)25/h5-12,14,20-21,27H,1-4,13,25H2,(H2,26,31)(H,28,29). The lowest BCUT2D eigenvalue weighted by molar-refractivity contribution is 0.100. The van der Waals surface area contributed by atoms with Crippen LogP contribution in [-0.4, -0.2) is 21.7 Å². The number of nitrogens with two attached hydrogens (primary N) is 2. The number of rotatable bonds is 8. The molecule has 3 aromatic rings. The van der Waals surface area contributed by atoms with Crippen LogP contribution in [0.1, 0.15) is 47.6 Å². The van der Waals surface area contributed by atoms with Crippen LogP contribution in [0.25, 0.3) is 0 Å². The molecule has 2 aromatic carbocycles. The maximum absolute atomic E-state index is 12.0. The van der Waals surface area contributed by atoms with Crippen LogP contribution in [0.15, 0.2) is 59.6 Å². The van der Waals surface area contributed by atoms with E-state index < -0.39 is 5.91 Å². The monoisotopic (exact) mass is 470 g/mol. The molecule has 0 spiro atoms. The normalized spacial score (nSPS) is 18.4. The number of halogens is 1. The first-order chi connectivity index (χ1) is 15.5. The summed E-state index contributed by atoms with van der Waals surface area (Å²) in [5, 5.41) is 8.57. The van der Waals surface area contributed by atoms with Gasteiger partial charge in [-0.25, -0.2) is 0 Å². The molecular weight excluding hydrogens is 444 g/mol. The van der Waals surface area contributed by atoms with Crippen LogP contribution in [0.5, 0.6) is 0 Å². The molecule has 6 N–H and O–H groups in total. The highest BCUT2D eigenvalue weighted by atomic mass is 35.5. The Labute approximate surface area is 197 Å². The van der Waals surface area contributed by atoms with E-state index in [0.717, 1.165) is 53.4 Å². The summed E-state index contributed by atoms with van der Waals surface area (Å²) < 4.78 is 5.14. The summed E-state index contributed by atoms with van der Waals surface area (Å²) in [7, 11) is 0. The highest BCUT2D eigenvalue weighted by molar-refractivity contribution is 7.97. The number of nitrogens with one attached hydrogen (secondary N) is 2. The lowest BCUT2D eigenvalue weighted by Crippen LogP contribution is -2.35. The van der Waals surface area contributed by atoms with Crippen LogP contribution in [0.2, 0.25) is 5.02 Å². The van der Waals surface area contributed by atoms with Crippen molar-refractivity contribution in [1.29, 1.82) is 0 Å². The molecule has 32 heavy (non-hydrogen) atoms. The van der Waals surface area contributed by atoms with Gasteiger partial charge in [0.05, 0.1) is 6.04 Å². The summed E-state index contributed by atoms with van der Waals surface area (Å²) in [6.45, 7) is 0.727. The second kappa shape index (κ2) is 10.4. The van der Waals surface area contributed by atoms with E-state index in [1.54, 1.807) is 22.8 Å². The second-order valence-corrected chi connectivity index (χ2v) is 9.35. The van der Waals surface area contributed by atoms with Crippen molar-refractivity contribution in [3.05, 3.63) is 70.9 Å². The highest BCUT2D eigenvalue weighted by Gasteiger charge is 2.26. The van der Waals surface area contributed by atoms with Gasteiger partial charge in [0, 0.05) is 34.4 Å². The first kappa shape index (κ1) is 22.7. The number of hydrogen-bond acceptors (Lipinski definition) is 6. The Morgan fingerprint density at radius 3 is 2.53 bits per heavy atom. The fraction of sp³-hybridized carbons (Fsp3) is 0.304. The Kier molecular flexibility index (Phi) is 7.36. The average Bonchev–Trinajstić information content (AvgIpc) is 3.20. The molecule has 1 aliphatic carbocycles. The molecule has 0 bridgehead atoms. The highest BCUT2D eigenvalue weighted by Crippen LogP contribution is 2.30. The van der Waals surface area contributed by atoms with Gasteiger partial charge in [-0.1, -0.05) is 36.6 Å². The lowest BCUT2D eigenvalue weighted by Gasteiger charge is -2.28. The van der Waals surface area contributed by atoms with Gasteiger partial charge >= 0.3 is 0 Å². The zero-order valence-electron chi connectivity index (χ0n) is 17.6. The minimum absolute atomic E-state index is 0.0360. The van der Waals surface area contributed by atoms with Crippen LogP contribution < -0.4 is 21.5 Å². The third kappa shape index (κ3) is 5.63. The first-order valence-electron chi connectivity index (χ1n) is 10.7. The van der Waals surface area contributed by atoms with Gasteiger partial charge in [0.25, 0.3) is 5.91 Å². The van der Waals surface area contributed by atoms with E-state index in [-0.39, 0.29) is 12.1 Å². The van der Waals surface area contributed by atoms with Crippen molar-refractivity contribution in [3.8, 4) is 0 Å². The van der Waals surface area contributed by atoms with Gasteiger partial charge in [0.1, 0.15) is 5.56 Å². The maximum Gasteiger partial charge on any atom is 0.254 e. The number of carbonyl (C=O) groups is 1. The van der Waals surface area contributed by atoms with Crippen molar-refractivity contribution in [3.63, 3.8) is 0 Å². The average molecular weight is 471 g/mol. The quantitative estimate of drug-likeness (QED) is 0.357. The van der Waals surface area contributed by atoms with Crippen molar-refractivity contribution >= 4 is 41.0 Å². The summed E-state index contributed by atoms with van der Waals surface area (Å²) >= 11 is 7.47. The van der Waals surface area contributed by atoms with Gasteiger partial charge in [-0.2, -0.15) is 5.10 Å². The zero-order valence-corrected chi connectivity index (χ0v) is 19.2. The van der Waals surface area contributed by atoms with Crippen molar-refractivity contribution in [1.82, 2.24) is 14.5 Å². The molecule has 1 saturated carbocycles. The molecule has 1 aromatic heterocycles. The second-order valence-electron chi connectivity index (χ2n) is 7.95. The van der Waals surface area contributed by atoms with E-state index in [2.05, 4.69) is 15.1 Å². The SMILES string of the molecule is NC(=O)c1cn(C2CCCCC2N)nc1Nc1ccc(SNCc2ccc(Cl)cc2)cc1. The lowest BCUT2D eigenvalue weighted by atomic mass is 9.91. The Hall–Kier alpha value is -2.52. The van der Waals surface area contributed by atoms with Crippen LogP contribution in [0.3, 0.4) is 0 Å². The van der Waals surface area contributed by atoms with Crippen molar-refractivity contribution in [2.45, 2.75) is 49.2 Å². The van der Waals surface area contributed by atoms with Crippen LogP contribution in [-0.2, 0) is 6.54 Å². The maximum atomic E-state index is 12.0. The number of carbonyl (C=O) groups excluding carboxylic acids is 1. The van der Waals surface area contributed by atoms with E-state index in [9.17, 15) is 4.79 Å². The van der Waals surface area contributed by atoms with Crippen LogP contribution >= 0.6 is 23.5 Å². The molecule has 4 rings (SSSR count). The molecule has 0 aliphatic heterocycles. The molecule has 9 heteroatoms. The smallest absolute Gasteiger partial charge is 0.254 e. The summed E-state index contributed by atoms with van der Waals surface area (Å²) in [6.07, 6.45) is 5.87.